The summed E-state index contributed by atoms with van der Waals surface area (Å²) >= 11 is 0. The van der Waals surface area contributed by atoms with Gasteiger partial charge in [0.05, 0.1) is 18.5 Å². The second-order valence-corrected chi connectivity index (χ2v) is 8.41. The second kappa shape index (κ2) is 8.58. The zero-order valence-corrected chi connectivity index (χ0v) is 16.6. The van der Waals surface area contributed by atoms with Crippen molar-refractivity contribution in [1.29, 1.82) is 0 Å². The molecule has 1 N–H and O–H groups in total. The molecule has 30 heavy (non-hydrogen) atoms. The summed E-state index contributed by atoms with van der Waals surface area (Å²) in [5.74, 6) is -3.34. The largest absolute Gasteiger partial charge is 0.322 e. The predicted molar refractivity (Wildman–Crippen MR) is 108 cm³/mol. The van der Waals surface area contributed by atoms with Crippen LogP contribution in [0.1, 0.15) is 15.9 Å². The molecule has 0 aromatic heterocycles. The van der Waals surface area contributed by atoms with Gasteiger partial charge in [-0.05, 0) is 42.0 Å². The first kappa shape index (κ1) is 21.4. The highest BCUT2D eigenvalue weighted by Gasteiger charge is 2.21. The van der Waals surface area contributed by atoms with Crippen LogP contribution in [0.4, 0.5) is 24.5 Å². The van der Waals surface area contributed by atoms with Crippen molar-refractivity contribution in [3.05, 3.63) is 95.3 Å². The van der Waals surface area contributed by atoms with E-state index < -0.39 is 33.4 Å². The predicted octanol–water partition coefficient (Wildman–Crippen LogP) is 4.32. The van der Waals surface area contributed by atoms with E-state index in [1.807, 2.05) is 0 Å². The van der Waals surface area contributed by atoms with E-state index in [1.165, 1.54) is 54.6 Å². The second-order valence-electron chi connectivity index (χ2n) is 6.50. The first-order chi connectivity index (χ1) is 14.1. The van der Waals surface area contributed by atoms with Crippen molar-refractivity contribution in [3.8, 4) is 0 Å². The number of carbonyl (C=O) groups excluding carboxylic acids is 1. The standard InChI is InChI=1S/C21H17F3N2O3S/c1-30(28,29)26(20-5-3-2-4-18(20)23)13-14-6-8-15(9-7-14)21(27)25-16-10-11-17(22)19(24)12-16/h2-12H,13H2,1H3,(H,25,27). The molecular formula is C21H17F3N2O3S. The van der Waals surface area contributed by atoms with Crippen LogP contribution in [0, 0.1) is 17.5 Å². The summed E-state index contributed by atoms with van der Waals surface area (Å²) in [6, 6.07) is 14.5. The van der Waals surface area contributed by atoms with E-state index in [4.69, 9.17) is 0 Å². The van der Waals surface area contributed by atoms with Crippen LogP contribution >= 0.6 is 0 Å². The van der Waals surface area contributed by atoms with Crippen molar-refractivity contribution in [2.45, 2.75) is 6.54 Å². The summed E-state index contributed by atoms with van der Waals surface area (Å²) in [5, 5.41) is 2.44. The molecule has 0 spiro atoms. The molecule has 3 aromatic rings. The number of nitrogens with one attached hydrogen (secondary N) is 1. The van der Waals surface area contributed by atoms with Gasteiger partial charge in [0.1, 0.15) is 5.82 Å². The van der Waals surface area contributed by atoms with Gasteiger partial charge >= 0.3 is 0 Å². The van der Waals surface area contributed by atoms with Crippen molar-refractivity contribution in [2.75, 3.05) is 15.9 Å². The molecule has 0 fully saturated rings. The SMILES string of the molecule is CS(=O)(=O)N(Cc1ccc(C(=O)Nc2ccc(F)c(F)c2)cc1)c1ccccc1F. The molecule has 0 saturated heterocycles. The number of anilines is 2. The van der Waals surface area contributed by atoms with Gasteiger partial charge < -0.3 is 5.32 Å². The Morgan fingerprint density at radius 2 is 1.57 bits per heavy atom. The average Bonchev–Trinajstić information content (AvgIpc) is 2.69. The number of nitrogens with zero attached hydrogens (tertiary/aromatic N) is 1. The quantitative estimate of drug-likeness (QED) is 0.628. The summed E-state index contributed by atoms with van der Waals surface area (Å²) in [4.78, 5) is 12.3. The Morgan fingerprint density at radius 3 is 2.17 bits per heavy atom. The number of amides is 1. The zero-order valence-electron chi connectivity index (χ0n) is 15.8. The minimum atomic E-state index is -3.77. The van der Waals surface area contributed by atoms with E-state index in [1.54, 1.807) is 0 Å². The van der Waals surface area contributed by atoms with E-state index in [0.29, 0.717) is 5.56 Å². The van der Waals surface area contributed by atoms with Crippen molar-refractivity contribution < 1.29 is 26.4 Å². The van der Waals surface area contributed by atoms with E-state index >= 15 is 0 Å². The van der Waals surface area contributed by atoms with Crippen LogP contribution in [-0.4, -0.2) is 20.6 Å². The third-order valence-corrected chi connectivity index (χ3v) is 5.37. The molecule has 0 aliphatic heterocycles. The Morgan fingerprint density at radius 1 is 0.900 bits per heavy atom. The smallest absolute Gasteiger partial charge is 0.255 e. The van der Waals surface area contributed by atoms with Gasteiger partial charge in [0.2, 0.25) is 10.0 Å². The normalized spacial score (nSPS) is 11.2. The van der Waals surface area contributed by atoms with Crippen LogP contribution in [0.5, 0.6) is 0 Å². The lowest BCUT2D eigenvalue weighted by atomic mass is 10.1. The van der Waals surface area contributed by atoms with E-state index in [0.717, 1.165) is 22.7 Å². The van der Waals surface area contributed by atoms with E-state index in [2.05, 4.69) is 5.32 Å². The first-order valence-corrected chi connectivity index (χ1v) is 10.6. The number of rotatable bonds is 6. The van der Waals surface area contributed by atoms with Crippen LogP contribution in [0.15, 0.2) is 66.7 Å². The molecular weight excluding hydrogens is 417 g/mol. The van der Waals surface area contributed by atoms with Gasteiger partial charge in [-0.15, -0.1) is 0 Å². The third-order valence-electron chi connectivity index (χ3n) is 4.24. The van der Waals surface area contributed by atoms with Gasteiger partial charge in [-0.2, -0.15) is 0 Å². The summed E-state index contributed by atoms with van der Waals surface area (Å²) in [6.45, 7) is -0.134. The van der Waals surface area contributed by atoms with Gasteiger partial charge in [-0.1, -0.05) is 24.3 Å². The highest BCUT2D eigenvalue weighted by Crippen LogP contribution is 2.24. The lowest BCUT2D eigenvalue weighted by Crippen LogP contribution is -2.30. The monoisotopic (exact) mass is 434 g/mol. The van der Waals surface area contributed by atoms with Crippen LogP contribution < -0.4 is 9.62 Å². The first-order valence-electron chi connectivity index (χ1n) is 8.73. The fraction of sp³-hybridized carbons (Fsp3) is 0.0952. The van der Waals surface area contributed by atoms with Crippen molar-refractivity contribution in [3.63, 3.8) is 0 Å². The number of halogens is 3. The molecule has 0 bridgehead atoms. The average molecular weight is 434 g/mol. The maximum atomic E-state index is 14.1. The fourth-order valence-corrected chi connectivity index (χ4v) is 3.63. The number of sulfonamides is 1. The lowest BCUT2D eigenvalue weighted by molar-refractivity contribution is 0.102. The van der Waals surface area contributed by atoms with Gasteiger partial charge in [0, 0.05) is 17.3 Å². The minimum Gasteiger partial charge on any atom is -0.322 e. The molecule has 0 unspecified atom stereocenters. The van der Waals surface area contributed by atoms with E-state index in [9.17, 15) is 26.4 Å². The Hall–Kier alpha value is -3.33. The molecule has 9 heteroatoms. The Balaban J connectivity index is 1.78. The van der Waals surface area contributed by atoms with Crippen LogP contribution in [0.25, 0.3) is 0 Å². The number of benzene rings is 3. The molecule has 0 atom stereocenters. The minimum absolute atomic E-state index is 0.0832. The van der Waals surface area contributed by atoms with Gasteiger partial charge in [0.25, 0.3) is 5.91 Å². The summed E-state index contributed by atoms with van der Waals surface area (Å²) in [6.07, 6.45) is 0.975. The van der Waals surface area contributed by atoms with Gasteiger partial charge in [-0.25, -0.2) is 21.6 Å². The number of hydrogen-bond donors (Lipinski definition) is 1. The van der Waals surface area contributed by atoms with E-state index in [-0.39, 0.29) is 23.5 Å². The number of carbonyl (C=O) groups is 1. The molecule has 156 valence electrons. The summed E-state index contributed by atoms with van der Waals surface area (Å²) in [5.41, 5.74) is 0.749. The Bertz CT molecular complexity index is 1180. The molecule has 0 radical (unpaired) electrons. The molecule has 5 nitrogen and oxygen atoms in total. The fourth-order valence-electron chi connectivity index (χ4n) is 2.74. The molecule has 1 amide bonds. The van der Waals surface area contributed by atoms with Crippen LogP contribution in [0.2, 0.25) is 0 Å². The Labute approximate surface area is 171 Å². The highest BCUT2D eigenvalue weighted by atomic mass is 32.2. The molecule has 3 rings (SSSR count). The van der Waals surface area contributed by atoms with Crippen molar-refractivity contribution in [1.82, 2.24) is 0 Å². The lowest BCUT2D eigenvalue weighted by Gasteiger charge is -2.23. The molecule has 0 saturated carbocycles. The maximum Gasteiger partial charge on any atom is 0.255 e. The van der Waals surface area contributed by atoms with Crippen LogP contribution in [-0.2, 0) is 16.6 Å². The van der Waals surface area contributed by atoms with Gasteiger partial charge in [0.15, 0.2) is 11.6 Å². The number of hydrogen-bond acceptors (Lipinski definition) is 3. The molecule has 3 aromatic carbocycles. The molecule has 0 aliphatic rings. The van der Waals surface area contributed by atoms with Crippen molar-refractivity contribution >= 4 is 27.3 Å². The zero-order chi connectivity index (χ0) is 21.9. The topological polar surface area (TPSA) is 66.5 Å². The van der Waals surface area contributed by atoms with Crippen molar-refractivity contribution in [2.24, 2.45) is 0 Å². The molecule has 0 heterocycles. The number of para-hydroxylation sites is 1. The maximum absolute atomic E-state index is 14.1. The van der Waals surface area contributed by atoms with Crippen LogP contribution in [0.3, 0.4) is 0 Å². The van der Waals surface area contributed by atoms with Gasteiger partial charge in [-0.3, -0.25) is 9.10 Å². The summed E-state index contributed by atoms with van der Waals surface area (Å²) < 4.78 is 65.6. The Kier molecular flexibility index (Phi) is 6.12. The summed E-state index contributed by atoms with van der Waals surface area (Å²) in [7, 11) is -3.77. The highest BCUT2D eigenvalue weighted by molar-refractivity contribution is 7.92. The molecule has 0 aliphatic carbocycles. The third kappa shape index (κ3) is 4.98.